The molecule has 1 atom stereocenters. The lowest BCUT2D eigenvalue weighted by Crippen LogP contribution is -2.29. The minimum absolute atomic E-state index is 0.0217. The molecule has 1 unspecified atom stereocenters. The van der Waals surface area contributed by atoms with Crippen LogP contribution in [0.1, 0.15) is 49.6 Å². The van der Waals surface area contributed by atoms with E-state index in [1.54, 1.807) is 36.4 Å². The van der Waals surface area contributed by atoms with Crippen molar-refractivity contribution in [2.75, 3.05) is 11.5 Å². The summed E-state index contributed by atoms with van der Waals surface area (Å²) in [4.78, 5) is 27.6. The monoisotopic (exact) mass is 431 g/mol. The zero-order chi connectivity index (χ0) is 22.8. The molecular weight excluding hydrogens is 406 g/mol. The number of rotatable bonds is 6. The first-order valence-corrected chi connectivity index (χ1v) is 10.6. The van der Waals surface area contributed by atoms with Gasteiger partial charge < -0.3 is 14.3 Å². The molecule has 0 saturated carbocycles. The number of hydrogen-bond donors (Lipinski definition) is 1. The Hall–Kier alpha value is -3.80. The van der Waals surface area contributed by atoms with Crippen LogP contribution in [0.25, 0.3) is 5.76 Å². The molecule has 1 aliphatic rings. The Kier molecular flexibility index (Phi) is 5.86. The zero-order valence-corrected chi connectivity index (χ0v) is 18.2. The topological polar surface area (TPSA) is 80.0 Å². The Labute approximate surface area is 186 Å². The third-order valence-electron chi connectivity index (χ3n) is 5.51. The van der Waals surface area contributed by atoms with Gasteiger partial charge in [0.05, 0.1) is 18.4 Å². The minimum Gasteiger partial charge on any atom is -0.507 e. The lowest BCUT2D eigenvalue weighted by molar-refractivity contribution is -0.132. The van der Waals surface area contributed by atoms with Crippen molar-refractivity contribution < 1.29 is 23.8 Å². The number of furan rings is 1. The summed E-state index contributed by atoms with van der Waals surface area (Å²) in [5, 5.41) is 11.1. The lowest BCUT2D eigenvalue weighted by atomic mass is 9.98. The maximum atomic E-state index is 13.1. The van der Waals surface area contributed by atoms with Gasteiger partial charge in [-0.1, -0.05) is 38.1 Å². The number of carbonyl (C=O) groups is 2. The van der Waals surface area contributed by atoms with E-state index in [1.807, 2.05) is 31.2 Å². The second-order valence-corrected chi connectivity index (χ2v) is 7.89. The molecule has 0 radical (unpaired) electrons. The zero-order valence-electron chi connectivity index (χ0n) is 18.2. The highest BCUT2D eigenvalue weighted by Gasteiger charge is 2.48. The van der Waals surface area contributed by atoms with E-state index in [-0.39, 0.29) is 11.3 Å². The van der Waals surface area contributed by atoms with Crippen LogP contribution in [-0.4, -0.2) is 23.4 Å². The molecule has 1 N–H and O–H groups in total. The highest BCUT2D eigenvalue weighted by Crippen LogP contribution is 2.42. The molecule has 1 saturated heterocycles. The average molecular weight is 431 g/mol. The maximum absolute atomic E-state index is 13.1. The quantitative estimate of drug-likeness (QED) is 0.320. The van der Waals surface area contributed by atoms with E-state index in [9.17, 15) is 14.7 Å². The predicted molar refractivity (Wildman–Crippen MR) is 122 cm³/mol. The van der Waals surface area contributed by atoms with Gasteiger partial charge in [0.15, 0.2) is 0 Å². The molecule has 32 heavy (non-hydrogen) atoms. The van der Waals surface area contributed by atoms with Crippen LogP contribution in [0, 0.1) is 0 Å². The molecule has 6 nitrogen and oxygen atoms in total. The molecule has 164 valence electrons. The maximum Gasteiger partial charge on any atom is 0.300 e. The molecule has 1 aromatic heterocycles. The number of nitrogens with zero attached hydrogens (tertiary/aromatic N) is 1. The number of benzene rings is 2. The smallest absolute Gasteiger partial charge is 0.300 e. The molecular formula is C26H25NO5. The van der Waals surface area contributed by atoms with Crippen molar-refractivity contribution in [1.29, 1.82) is 0 Å². The van der Waals surface area contributed by atoms with Crippen molar-refractivity contribution in [1.82, 2.24) is 0 Å². The Bertz CT molecular complexity index is 1160. The summed E-state index contributed by atoms with van der Waals surface area (Å²) in [6, 6.07) is 16.8. The van der Waals surface area contributed by atoms with Gasteiger partial charge in [-0.2, -0.15) is 0 Å². The van der Waals surface area contributed by atoms with Crippen molar-refractivity contribution in [3.8, 4) is 5.75 Å². The van der Waals surface area contributed by atoms with Crippen LogP contribution < -0.4 is 9.64 Å². The average Bonchev–Trinajstić information content (AvgIpc) is 3.41. The molecule has 0 spiro atoms. The normalized spacial score (nSPS) is 17.9. The van der Waals surface area contributed by atoms with Crippen LogP contribution in [0.4, 0.5) is 5.69 Å². The Morgan fingerprint density at radius 2 is 1.84 bits per heavy atom. The third-order valence-corrected chi connectivity index (χ3v) is 5.51. The molecule has 1 amide bonds. The fraction of sp³-hybridized carbons (Fsp3) is 0.231. The summed E-state index contributed by atoms with van der Waals surface area (Å²) < 4.78 is 11.1. The van der Waals surface area contributed by atoms with Crippen LogP contribution in [0.3, 0.4) is 0 Å². The van der Waals surface area contributed by atoms with Crippen molar-refractivity contribution in [3.63, 3.8) is 0 Å². The number of anilines is 1. The van der Waals surface area contributed by atoms with Crippen LogP contribution >= 0.6 is 0 Å². The van der Waals surface area contributed by atoms with Crippen molar-refractivity contribution in [2.24, 2.45) is 0 Å². The number of aliphatic hydroxyl groups is 1. The Balaban J connectivity index is 1.85. The van der Waals surface area contributed by atoms with Gasteiger partial charge in [0.25, 0.3) is 11.7 Å². The van der Waals surface area contributed by atoms with E-state index in [0.717, 1.165) is 5.56 Å². The molecule has 2 aromatic carbocycles. The molecule has 1 aliphatic heterocycles. The molecule has 3 aromatic rings. The van der Waals surface area contributed by atoms with Crippen LogP contribution in [0.15, 0.2) is 76.9 Å². The summed E-state index contributed by atoms with van der Waals surface area (Å²) in [6.45, 7) is 6.49. The van der Waals surface area contributed by atoms with E-state index < -0.39 is 17.7 Å². The number of hydrogen-bond acceptors (Lipinski definition) is 5. The van der Waals surface area contributed by atoms with E-state index in [0.29, 0.717) is 35.3 Å². The first-order chi connectivity index (χ1) is 15.4. The van der Waals surface area contributed by atoms with Crippen molar-refractivity contribution in [2.45, 2.75) is 32.7 Å². The van der Waals surface area contributed by atoms with Crippen molar-refractivity contribution in [3.05, 3.63) is 89.4 Å². The molecule has 4 rings (SSSR count). The van der Waals surface area contributed by atoms with Gasteiger partial charge in [-0.05, 0) is 54.8 Å². The SMILES string of the molecule is CCOc1cccc(/C(O)=C2/C(=O)C(=O)N(c3ccc(C(C)C)cc3)C2c2ccco2)c1. The Morgan fingerprint density at radius 1 is 1.09 bits per heavy atom. The van der Waals surface area contributed by atoms with Gasteiger partial charge >= 0.3 is 0 Å². The molecule has 2 heterocycles. The summed E-state index contributed by atoms with van der Waals surface area (Å²) in [6.07, 6.45) is 1.48. The van der Waals surface area contributed by atoms with Gasteiger partial charge in [0.2, 0.25) is 0 Å². The minimum atomic E-state index is -0.884. The van der Waals surface area contributed by atoms with E-state index in [2.05, 4.69) is 13.8 Å². The second-order valence-electron chi connectivity index (χ2n) is 7.89. The summed E-state index contributed by atoms with van der Waals surface area (Å²) in [5.41, 5.74) is 2.04. The first-order valence-electron chi connectivity index (χ1n) is 10.6. The number of aliphatic hydroxyl groups excluding tert-OH is 1. The number of carbonyl (C=O) groups excluding carboxylic acids is 2. The van der Waals surface area contributed by atoms with Gasteiger partial charge in [-0.3, -0.25) is 14.5 Å². The summed E-state index contributed by atoms with van der Waals surface area (Å²) >= 11 is 0. The standard InChI is InChI=1S/C26H25NO5/c1-4-31-20-8-5-7-18(15-20)24(28)22-23(21-9-6-14-32-21)27(26(30)25(22)29)19-12-10-17(11-13-19)16(2)3/h5-16,23,28H,4H2,1-3H3/b24-22-. The number of amides is 1. The van der Waals surface area contributed by atoms with E-state index in [1.165, 1.54) is 11.2 Å². The third kappa shape index (κ3) is 3.80. The van der Waals surface area contributed by atoms with Crippen molar-refractivity contribution >= 4 is 23.1 Å². The van der Waals surface area contributed by atoms with Gasteiger partial charge in [0, 0.05) is 11.3 Å². The number of ether oxygens (including phenoxy) is 1. The summed E-state index contributed by atoms with van der Waals surface area (Å²) in [5.74, 6) is -0.473. The highest BCUT2D eigenvalue weighted by atomic mass is 16.5. The molecule has 1 fully saturated rings. The van der Waals surface area contributed by atoms with Gasteiger partial charge in [0.1, 0.15) is 23.3 Å². The van der Waals surface area contributed by atoms with Crippen LogP contribution in [0.2, 0.25) is 0 Å². The number of ketones is 1. The van der Waals surface area contributed by atoms with Gasteiger partial charge in [-0.15, -0.1) is 0 Å². The van der Waals surface area contributed by atoms with Crippen LogP contribution in [0.5, 0.6) is 5.75 Å². The lowest BCUT2D eigenvalue weighted by Gasteiger charge is -2.23. The molecule has 0 aliphatic carbocycles. The fourth-order valence-corrected chi connectivity index (χ4v) is 3.89. The second kappa shape index (κ2) is 8.75. The Morgan fingerprint density at radius 3 is 2.47 bits per heavy atom. The summed E-state index contributed by atoms with van der Waals surface area (Å²) in [7, 11) is 0. The number of Topliss-reactive ketones (excluding diaryl/α,β-unsaturated/α-hetero) is 1. The van der Waals surface area contributed by atoms with Crippen LogP contribution in [-0.2, 0) is 9.59 Å². The highest BCUT2D eigenvalue weighted by molar-refractivity contribution is 6.51. The van der Waals surface area contributed by atoms with E-state index >= 15 is 0 Å². The first kappa shape index (κ1) is 21.4. The molecule has 6 heteroatoms. The largest absolute Gasteiger partial charge is 0.507 e. The molecule has 0 bridgehead atoms. The van der Waals surface area contributed by atoms with E-state index in [4.69, 9.17) is 9.15 Å². The predicted octanol–water partition coefficient (Wildman–Crippen LogP) is 5.43. The fourth-order valence-electron chi connectivity index (χ4n) is 3.89. The van der Waals surface area contributed by atoms with Gasteiger partial charge in [-0.25, -0.2) is 0 Å².